The summed E-state index contributed by atoms with van der Waals surface area (Å²) in [5.74, 6) is -0.756. The Balaban J connectivity index is 1.77. The van der Waals surface area contributed by atoms with Crippen molar-refractivity contribution in [2.24, 2.45) is 5.73 Å². The van der Waals surface area contributed by atoms with Gasteiger partial charge in [0.2, 0.25) is 11.8 Å². The monoisotopic (exact) mass is 385 g/mol. The molecule has 3 rings (SSSR count). The second kappa shape index (κ2) is 7.79. The van der Waals surface area contributed by atoms with Gasteiger partial charge in [-0.25, -0.2) is 0 Å². The highest BCUT2D eigenvalue weighted by Crippen LogP contribution is 2.32. The minimum absolute atomic E-state index is 0.0673. The van der Waals surface area contributed by atoms with Crippen molar-refractivity contribution in [3.8, 4) is 0 Å². The predicted octanol–water partition coefficient (Wildman–Crippen LogP) is 3.07. The van der Waals surface area contributed by atoms with Crippen LogP contribution in [0.5, 0.6) is 0 Å². The van der Waals surface area contributed by atoms with Crippen molar-refractivity contribution in [2.75, 3.05) is 17.2 Å². The van der Waals surface area contributed by atoms with Crippen molar-refractivity contribution in [3.63, 3.8) is 0 Å². The summed E-state index contributed by atoms with van der Waals surface area (Å²) < 4.78 is 0. The van der Waals surface area contributed by atoms with Crippen LogP contribution in [-0.2, 0) is 11.2 Å². The molecule has 8 heteroatoms. The van der Waals surface area contributed by atoms with Crippen LogP contribution >= 0.6 is 11.8 Å². The Morgan fingerprint density at radius 1 is 1.26 bits per heavy atom. The molecule has 0 fully saturated rings. The first kappa shape index (κ1) is 18.9. The number of rotatable bonds is 5. The van der Waals surface area contributed by atoms with Gasteiger partial charge in [0.1, 0.15) is 0 Å². The number of hydrogen-bond donors (Lipinski definition) is 1. The molecule has 1 aliphatic rings. The Labute approximate surface area is 160 Å². The molecule has 0 aliphatic carbocycles. The van der Waals surface area contributed by atoms with Crippen LogP contribution in [0.15, 0.2) is 41.3 Å². The lowest BCUT2D eigenvalue weighted by molar-refractivity contribution is -0.387. The topological polar surface area (TPSA) is 107 Å². The molecule has 140 valence electrons. The van der Waals surface area contributed by atoms with E-state index in [0.717, 1.165) is 47.5 Å². The number of carbonyl (C=O) groups excluding carboxylic acids is 2. The minimum atomic E-state index is -0.731. The second-order valence-electron chi connectivity index (χ2n) is 6.37. The molecule has 0 atom stereocenters. The van der Waals surface area contributed by atoms with E-state index in [-0.39, 0.29) is 22.9 Å². The van der Waals surface area contributed by atoms with Crippen molar-refractivity contribution in [2.45, 2.75) is 24.7 Å². The summed E-state index contributed by atoms with van der Waals surface area (Å²) in [6.45, 7) is 2.66. The molecule has 0 aromatic heterocycles. The fourth-order valence-electron chi connectivity index (χ4n) is 3.14. The number of primary amides is 1. The van der Waals surface area contributed by atoms with Gasteiger partial charge in [0.05, 0.1) is 15.6 Å². The third-order valence-corrected chi connectivity index (χ3v) is 5.49. The van der Waals surface area contributed by atoms with Crippen LogP contribution in [0.4, 0.5) is 11.4 Å². The first-order valence-electron chi connectivity index (χ1n) is 8.48. The Morgan fingerprint density at radius 2 is 2.04 bits per heavy atom. The molecule has 2 amide bonds. The van der Waals surface area contributed by atoms with E-state index in [1.165, 1.54) is 12.1 Å². The van der Waals surface area contributed by atoms with Crippen molar-refractivity contribution in [3.05, 3.63) is 63.2 Å². The summed E-state index contributed by atoms with van der Waals surface area (Å²) >= 11 is 1.09. The summed E-state index contributed by atoms with van der Waals surface area (Å²) in [5.41, 5.74) is 8.24. The van der Waals surface area contributed by atoms with Gasteiger partial charge >= 0.3 is 0 Å². The Kier molecular flexibility index (Phi) is 5.46. The highest BCUT2D eigenvalue weighted by atomic mass is 32.2. The van der Waals surface area contributed by atoms with Crippen LogP contribution in [0.3, 0.4) is 0 Å². The SMILES string of the molecule is Cc1ccc2c(c1)CCCN2C(=O)CSc1ccc(C(N)=O)cc1[N+](=O)[O-]. The molecule has 2 aromatic carbocycles. The van der Waals surface area contributed by atoms with Gasteiger partial charge in [-0.3, -0.25) is 19.7 Å². The average Bonchev–Trinajstić information content (AvgIpc) is 2.64. The molecule has 0 unspecified atom stereocenters. The third-order valence-electron chi connectivity index (χ3n) is 4.45. The maximum atomic E-state index is 12.7. The van der Waals surface area contributed by atoms with Gasteiger partial charge in [0.25, 0.3) is 5.69 Å². The Bertz CT molecular complexity index is 929. The fourth-order valence-corrected chi connectivity index (χ4v) is 4.02. The highest BCUT2D eigenvalue weighted by Gasteiger charge is 2.24. The molecule has 0 saturated carbocycles. The summed E-state index contributed by atoms with van der Waals surface area (Å²) in [7, 11) is 0. The lowest BCUT2D eigenvalue weighted by atomic mass is 9.99. The number of nitro benzene ring substituents is 1. The van der Waals surface area contributed by atoms with E-state index in [0.29, 0.717) is 11.4 Å². The Morgan fingerprint density at radius 3 is 2.74 bits per heavy atom. The van der Waals surface area contributed by atoms with E-state index in [4.69, 9.17) is 5.73 Å². The maximum Gasteiger partial charge on any atom is 0.283 e. The number of aryl methyl sites for hydroxylation is 2. The lowest BCUT2D eigenvalue weighted by Gasteiger charge is -2.29. The van der Waals surface area contributed by atoms with Crippen LogP contribution in [0.2, 0.25) is 0 Å². The van der Waals surface area contributed by atoms with Crippen molar-refractivity contribution in [1.29, 1.82) is 0 Å². The van der Waals surface area contributed by atoms with Gasteiger partial charge in [-0.1, -0.05) is 17.7 Å². The molecule has 27 heavy (non-hydrogen) atoms. The molecule has 1 aliphatic heterocycles. The van der Waals surface area contributed by atoms with Crippen LogP contribution in [0.1, 0.15) is 27.9 Å². The first-order chi connectivity index (χ1) is 12.9. The lowest BCUT2D eigenvalue weighted by Crippen LogP contribution is -2.36. The van der Waals surface area contributed by atoms with Gasteiger partial charge in [-0.15, -0.1) is 11.8 Å². The van der Waals surface area contributed by atoms with Crippen LogP contribution in [0.25, 0.3) is 0 Å². The van der Waals surface area contributed by atoms with E-state index < -0.39 is 10.8 Å². The van der Waals surface area contributed by atoms with Gasteiger partial charge in [0, 0.05) is 23.9 Å². The summed E-state index contributed by atoms with van der Waals surface area (Å²) in [6.07, 6.45) is 1.83. The molecule has 0 radical (unpaired) electrons. The molecule has 1 heterocycles. The molecule has 0 saturated heterocycles. The highest BCUT2D eigenvalue weighted by molar-refractivity contribution is 8.00. The minimum Gasteiger partial charge on any atom is -0.366 e. The molecular formula is C19H19N3O4S. The molecule has 7 nitrogen and oxygen atoms in total. The van der Waals surface area contributed by atoms with Crippen molar-refractivity contribution >= 4 is 35.0 Å². The van der Waals surface area contributed by atoms with Crippen molar-refractivity contribution in [1.82, 2.24) is 0 Å². The Hall–Kier alpha value is -2.87. The van der Waals surface area contributed by atoms with E-state index in [9.17, 15) is 19.7 Å². The number of nitrogens with two attached hydrogens (primary N) is 1. The van der Waals surface area contributed by atoms with Gasteiger partial charge in [0.15, 0.2) is 0 Å². The number of fused-ring (bicyclic) bond motifs is 1. The molecule has 2 aromatic rings. The van der Waals surface area contributed by atoms with E-state index >= 15 is 0 Å². The average molecular weight is 385 g/mol. The third kappa shape index (κ3) is 4.11. The van der Waals surface area contributed by atoms with Gasteiger partial charge < -0.3 is 10.6 Å². The van der Waals surface area contributed by atoms with E-state index in [1.54, 1.807) is 4.90 Å². The largest absolute Gasteiger partial charge is 0.366 e. The van der Waals surface area contributed by atoms with Crippen LogP contribution in [0, 0.1) is 17.0 Å². The zero-order valence-electron chi connectivity index (χ0n) is 14.8. The standard InChI is InChI=1S/C19H19N3O4S/c1-12-4-6-15-13(9-12)3-2-8-21(15)18(23)11-27-17-7-5-14(19(20)24)10-16(17)22(25)26/h4-7,9-10H,2-3,8,11H2,1H3,(H2,20,24). The summed E-state index contributed by atoms with van der Waals surface area (Å²) in [5, 5.41) is 11.3. The first-order valence-corrected chi connectivity index (χ1v) is 9.46. The summed E-state index contributed by atoms with van der Waals surface area (Å²) in [4.78, 5) is 36.8. The maximum absolute atomic E-state index is 12.7. The molecule has 0 spiro atoms. The number of nitro groups is 1. The van der Waals surface area contributed by atoms with E-state index in [2.05, 4.69) is 6.07 Å². The van der Waals surface area contributed by atoms with Crippen LogP contribution in [-0.4, -0.2) is 29.0 Å². The number of carbonyl (C=O) groups is 2. The number of anilines is 1. The van der Waals surface area contributed by atoms with Crippen LogP contribution < -0.4 is 10.6 Å². The quantitative estimate of drug-likeness (QED) is 0.484. The smallest absolute Gasteiger partial charge is 0.283 e. The predicted molar refractivity (Wildman–Crippen MR) is 104 cm³/mol. The normalized spacial score (nSPS) is 13.1. The molecule has 2 N–H and O–H groups in total. The second-order valence-corrected chi connectivity index (χ2v) is 7.39. The number of benzene rings is 2. The summed E-state index contributed by atoms with van der Waals surface area (Å²) in [6, 6.07) is 10.1. The number of hydrogen-bond acceptors (Lipinski definition) is 5. The molecule has 0 bridgehead atoms. The zero-order chi connectivity index (χ0) is 19.6. The van der Waals surface area contributed by atoms with E-state index in [1.807, 2.05) is 19.1 Å². The van der Waals surface area contributed by atoms with Gasteiger partial charge in [-0.2, -0.15) is 0 Å². The number of thioether (sulfide) groups is 1. The van der Waals surface area contributed by atoms with Crippen molar-refractivity contribution < 1.29 is 14.5 Å². The fraction of sp³-hybridized carbons (Fsp3) is 0.263. The number of amides is 2. The molecular weight excluding hydrogens is 366 g/mol. The zero-order valence-corrected chi connectivity index (χ0v) is 15.6. The van der Waals surface area contributed by atoms with Gasteiger partial charge in [-0.05, 0) is 43.5 Å². The number of nitrogens with zero attached hydrogens (tertiary/aromatic N) is 2.